The number of aryl methyl sites for hydroxylation is 1. The first kappa shape index (κ1) is 14.9. The maximum absolute atomic E-state index is 13.0. The van der Waals surface area contributed by atoms with E-state index < -0.39 is 11.9 Å². The maximum Gasteiger partial charge on any atom is 0.234 e. The SMILES string of the molecule is Cc1ccc(F)cc1NC(=O)CSCC(O)CO. The van der Waals surface area contributed by atoms with E-state index in [1.807, 2.05) is 0 Å². The molecular formula is C12H16FNO3S. The molecule has 1 unspecified atom stereocenters. The van der Waals surface area contributed by atoms with E-state index in [-0.39, 0.29) is 24.0 Å². The zero-order valence-corrected chi connectivity index (χ0v) is 10.8. The van der Waals surface area contributed by atoms with Crippen molar-refractivity contribution in [1.29, 1.82) is 0 Å². The molecule has 4 nitrogen and oxygen atoms in total. The largest absolute Gasteiger partial charge is 0.394 e. The normalized spacial score (nSPS) is 12.2. The van der Waals surface area contributed by atoms with Crippen LogP contribution in [-0.2, 0) is 4.79 Å². The molecule has 1 rings (SSSR count). The van der Waals surface area contributed by atoms with Crippen LogP contribution >= 0.6 is 11.8 Å². The second-order valence-electron chi connectivity index (χ2n) is 3.86. The quantitative estimate of drug-likeness (QED) is 0.727. The van der Waals surface area contributed by atoms with Crippen LogP contribution in [0.4, 0.5) is 10.1 Å². The fourth-order valence-corrected chi connectivity index (χ4v) is 2.01. The van der Waals surface area contributed by atoms with Gasteiger partial charge in [0.05, 0.1) is 18.5 Å². The lowest BCUT2D eigenvalue weighted by molar-refractivity contribution is -0.113. The molecule has 3 N–H and O–H groups in total. The molecule has 0 aliphatic carbocycles. The van der Waals surface area contributed by atoms with Crippen molar-refractivity contribution >= 4 is 23.4 Å². The van der Waals surface area contributed by atoms with Gasteiger partial charge in [-0.3, -0.25) is 4.79 Å². The number of rotatable bonds is 6. The minimum absolute atomic E-state index is 0.146. The molecule has 0 aromatic heterocycles. The van der Waals surface area contributed by atoms with Gasteiger partial charge in [0.25, 0.3) is 0 Å². The number of thioether (sulfide) groups is 1. The lowest BCUT2D eigenvalue weighted by Gasteiger charge is -2.09. The van der Waals surface area contributed by atoms with E-state index in [2.05, 4.69) is 5.32 Å². The van der Waals surface area contributed by atoms with Gasteiger partial charge in [-0.1, -0.05) is 6.07 Å². The summed E-state index contributed by atoms with van der Waals surface area (Å²) in [4.78, 5) is 11.5. The molecule has 1 atom stereocenters. The molecule has 0 aliphatic rings. The van der Waals surface area contributed by atoms with Crippen LogP contribution in [0.2, 0.25) is 0 Å². The molecule has 18 heavy (non-hydrogen) atoms. The minimum atomic E-state index is -0.821. The van der Waals surface area contributed by atoms with Gasteiger partial charge < -0.3 is 15.5 Å². The van der Waals surface area contributed by atoms with Crippen LogP contribution in [0.1, 0.15) is 5.56 Å². The molecule has 0 spiro atoms. The third kappa shape index (κ3) is 5.03. The summed E-state index contributed by atoms with van der Waals surface area (Å²) < 4.78 is 13.0. The van der Waals surface area contributed by atoms with E-state index in [0.717, 1.165) is 5.56 Å². The van der Waals surface area contributed by atoms with Crippen LogP contribution in [-0.4, -0.2) is 40.3 Å². The Hall–Kier alpha value is -1.11. The number of aliphatic hydroxyl groups excluding tert-OH is 2. The molecular weight excluding hydrogens is 257 g/mol. The summed E-state index contributed by atoms with van der Waals surface area (Å²) >= 11 is 1.21. The highest BCUT2D eigenvalue weighted by Crippen LogP contribution is 2.16. The molecule has 1 aromatic carbocycles. The molecule has 1 amide bonds. The Morgan fingerprint density at radius 2 is 2.28 bits per heavy atom. The first-order chi connectivity index (χ1) is 8.52. The molecule has 0 bridgehead atoms. The van der Waals surface area contributed by atoms with Crippen molar-refractivity contribution in [2.75, 3.05) is 23.4 Å². The fraction of sp³-hybridized carbons (Fsp3) is 0.417. The van der Waals surface area contributed by atoms with Gasteiger partial charge in [-0.2, -0.15) is 0 Å². The standard InChI is InChI=1S/C12H16FNO3S/c1-8-2-3-9(13)4-11(8)14-12(17)7-18-6-10(16)5-15/h2-4,10,15-16H,5-7H2,1H3,(H,14,17). The van der Waals surface area contributed by atoms with Crippen LogP contribution in [0.5, 0.6) is 0 Å². The number of anilines is 1. The topological polar surface area (TPSA) is 69.6 Å². The van der Waals surface area contributed by atoms with Gasteiger partial charge in [0.2, 0.25) is 5.91 Å². The van der Waals surface area contributed by atoms with Gasteiger partial charge in [0.1, 0.15) is 5.82 Å². The average molecular weight is 273 g/mol. The summed E-state index contributed by atoms with van der Waals surface area (Å²) in [5.74, 6) is -0.239. The van der Waals surface area contributed by atoms with Crippen LogP contribution < -0.4 is 5.32 Å². The lowest BCUT2D eigenvalue weighted by Crippen LogP contribution is -2.19. The highest BCUT2D eigenvalue weighted by atomic mass is 32.2. The van der Waals surface area contributed by atoms with Crippen molar-refractivity contribution < 1.29 is 19.4 Å². The van der Waals surface area contributed by atoms with Crippen molar-refractivity contribution in [3.05, 3.63) is 29.6 Å². The van der Waals surface area contributed by atoms with E-state index in [1.165, 1.54) is 23.9 Å². The maximum atomic E-state index is 13.0. The molecule has 0 aliphatic heterocycles. The Labute approximate surface area is 109 Å². The number of hydrogen-bond donors (Lipinski definition) is 3. The summed E-state index contributed by atoms with van der Waals surface area (Å²) in [5.41, 5.74) is 1.23. The molecule has 0 saturated heterocycles. The Bertz CT molecular complexity index is 414. The molecule has 0 radical (unpaired) electrons. The molecule has 100 valence electrons. The van der Waals surface area contributed by atoms with Crippen molar-refractivity contribution in [3.8, 4) is 0 Å². The number of hydrogen-bond acceptors (Lipinski definition) is 4. The van der Waals surface area contributed by atoms with Crippen molar-refractivity contribution in [2.24, 2.45) is 0 Å². The molecule has 0 heterocycles. The molecule has 0 fully saturated rings. The van der Waals surface area contributed by atoms with E-state index in [4.69, 9.17) is 10.2 Å². The summed E-state index contributed by atoms with van der Waals surface area (Å²) in [5, 5.41) is 20.3. The van der Waals surface area contributed by atoms with Crippen molar-refractivity contribution in [1.82, 2.24) is 0 Å². The van der Waals surface area contributed by atoms with Gasteiger partial charge in [0, 0.05) is 11.4 Å². The first-order valence-corrected chi connectivity index (χ1v) is 6.61. The zero-order valence-electron chi connectivity index (χ0n) is 10.0. The van der Waals surface area contributed by atoms with E-state index in [1.54, 1.807) is 13.0 Å². The zero-order chi connectivity index (χ0) is 13.5. The Balaban J connectivity index is 2.42. The molecule has 6 heteroatoms. The molecule has 0 saturated carbocycles. The second-order valence-corrected chi connectivity index (χ2v) is 4.89. The monoisotopic (exact) mass is 273 g/mol. The second kappa shape index (κ2) is 7.35. The summed E-state index contributed by atoms with van der Waals surface area (Å²) in [7, 11) is 0. The number of carbonyl (C=O) groups excluding carboxylic acids is 1. The van der Waals surface area contributed by atoms with Gasteiger partial charge in [-0.15, -0.1) is 11.8 Å². The predicted octanol–water partition coefficient (Wildman–Crippen LogP) is 1.16. The summed E-state index contributed by atoms with van der Waals surface area (Å²) in [6.07, 6.45) is -0.821. The number of halogens is 1. The number of carbonyl (C=O) groups is 1. The predicted molar refractivity (Wildman–Crippen MR) is 70.2 cm³/mol. The van der Waals surface area contributed by atoms with Gasteiger partial charge in [-0.05, 0) is 24.6 Å². The van der Waals surface area contributed by atoms with Crippen LogP contribution in [0.25, 0.3) is 0 Å². The smallest absolute Gasteiger partial charge is 0.234 e. The third-order valence-corrected chi connectivity index (χ3v) is 3.31. The van der Waals surface area contributed by atoms with Gasteiger partial charge in [0.15, 0.2) is 0 Å². The van der Waals surface area contributed by atoms with Crippen LogP contribution in [0, 0.1) is 12.7 Å². The summed E-state index contributed by atoms with van der Waals surface area (Å²) in [6.45, 7) is 1.45. The Kier molecular flexibility index (Phi) is 6.11. The van der Waals surface area contributed by atoms with Gasteiger partial charge >= 0.3 is 0 Å². The number of aliphatic hydroxyl groups is 2. The first-order valence-electron chi connectivity index (χ1n) is 5.45. The number of benzene rings is 1. The Morgan fingerprint density at radius 3 is 2.94 bits per heavy atom. The highest BCUT2D eigenvalue weighted by molar-refractivity contribution is 8.00. The van der Waals surface area contributed by atoms with Crippen LogP contribution in [0.15, 0.2) is 18.2 Å². The van der Waals surface area contributed by atoms with E-state index in [0.29, 0.717) is 5.69 Å². The minimum Gasteiger partial charge on any atom is -0.394 e. The summed E-state index contributed by atoms with van der Waals surface area (Å²) in [6, 6.07) is 4.19. The third-order valence-electron chi connectivity index (χ3n) is 2.23. The Morgan fingerprint density at radius 1 is 1.56 bits per heavy atom. The fourth-order valence-electron chi connectivity index (χ4n) is 1.26. The lowest BCUT2D eigenvalue weighted by atomic mass is 10.2. The van der Waals surface area contributed by atoms with Crippen molar-refractivity contribution in [2.45, 2.75) is 13.0 Å². The molecule has 1 aromatic rings. The van der Waals surface area contributed by atoms with E-state index in [9.17, 15) is 9.18 Å². The van der Waals surface area contributed by atoms with Gasteiger partial charge in [-0.25, -0.2) is 4.39 Å². The average Bonchev–Trinajstić information content (AvgIpc) is 2.33. The number of nitrogens with one attached hydrogen (secondary N) is 1. The van der Waals surface area contributed by atoms with Crippen LogP contribution in [0.3, 0.4) is 0 Å². The number of amides is 1. The highest BCUT2D eigenvalue weighted by Gasteiger charge is 2.08. The van der Waals surface area contributed by atoms with Crippen molar-refractivity contribution in [3.63, 3.8) is 0 Å². The van der Waals surface area contributed by atoms with E-state index >= 15 is 0 Å².